The van der Waals surface area contributed by atoms with Gasteiger partial charge in [0.2, 0.25) is 0 Å². The summed E-state index contributed by atoms with van der Waals surface area (Å²) < 4.78 is 11.1. The molecule has 1 unspecified atom stereocenters. The Morgan fingerprint density at radius 3 is 1.66 bits per heavy atom. The molecular weight excluding hydrogens is 400 g/mol. The number of hydrogen-bond acceptors (Lipinski definition) is 4. The molecule has 0 aliphatic carbocycles. The monoisotopic (exact) mass is 446 g/mol. The standard InChI is InChI=1S/C28H46O4/c1-5-7-8-9-10-11-12-13-14-15-16-19-22-31-27(29)24-20-17-18-21-25(24)28(30)32-26(6-2)23(3)4/h17-18,20-21,23,26H,5-16,19,22H2,1-4H3. The van der Waals surface area contributed by atoms with Crippen molar-refractivity contribution in [3.05, 3.63) is 35.4 Å². The highest BCUT2D eigenvalue weighted by atomic mass is 16.5. The van der Waals surface area contributed by atoms with Gasteiger partial charge in [-0.3, -0.25) is 0 Å². The maximum absolute atomic E-state index is 12.6. The maximum atomic E-state index is 12.6. The Hall–Kier alpha value is -1.84. The second-order valence-electron chi connectivity index (χ2n) is 9.17. The SMILES string of the molecule is CCCCCCCCCCCCCCOC(=O)c1ccccc1C(=O)OC(CC)C(C)C. The van der Waals surface area contributed by atoms with Crippen molar-refractivity contribution in [3.8, 4) is 0 Å². The smallest absolute Gasteiger partial charge is 0.339 e. The van der Waals surface area contributed by atoms with Crippen molar-refractivity contribution in [2.75, 3.05) is 6.61 Å². The van der Waals surface area contributed by atoms with Crippen LogP contribution in [0, 0.1) is 5.92 Å². The van der Waals surface area contributed by atoms with Crippen LogP contribution in [0.5, 0.6) is 0 Å². The Labute approximate surface area is 196 Å². The second kappa shape index (κ2) is 17.7. The number of benzene rings is 1. The highest BCUT2D eigenvalue weighted by Gasteiger charge is 2.22. The number of carbonyl (C=O) groups is 2. The number of esters is 2. The minimum Gasteiger partial charge on any atom is -0.462 e. The fourth-order valence-corrected chi connectivity index (χ4v) is 3.92. The minimum absolute atomic E-state index is 0.160. The molecule has 1 aromatic rings. The van der Waals surface area contributed by atoms with Gasteiger partial charge in [0, 0.05) is 0 Å². The molecule has 0 saturated heterocycles. The van der Waals surface area contributed by atoms with Crippen molar-refractivity contribution in [1.29, 1.82) is 0 Å². The van der Waals surface area contributed by atoms with Crippen molar-refractivity contribution in [1.82, 2.24) is 0 Å². The van der Waals surface area contributed by atoms with E-state index in [-0.39, 0.29) is 23.1 Å². The second-order valence-corrected chi connectivity index (χ2v) is 9.17. The van der Waals surface area contributed by atoms with Crippen molar-refractivity contribution < 1.29 is 19.1 Å². The normalized spacial score (nSPS) is 12.0. The van der Waals surface area contributed by atoms with Gasteiger partial charge in [-0.2, -0.15) is 0 Å². The lowest BCUT2D eigenvalue weighted by atomic mass is 10.0. The van der Waals surface area contributed by atoms with Gasteiger partial charge in [0.15, 0.2) is 0 Å². The highest BCUT2D eigenvalue weighted by Crippen LogP contribution is 2.17. The van der Waals surface area contributed by atoms with E-state index in [4.69, 9.17) is 9.47 Å². The van der Waals surface area contributed by atoms with E-state index in [1.54, 1.807) is 24.3 Å². The van der Waals surface area contributed by atoms with E-state index in [0.29, 0.717) is 6.61 Å². The Balaban J connectivity index is 2.25. The Morgan fingerprint density at radius 1 is 0.719 bits per heavy atom. The van der Waals surface area contributed by atoms with Crippen LogP contribution in [0.2, 0.25) is 0 Å². The molecule has 1 rings (SSSR count). The van der Waals surface area contributed by atoms with Gasteiger partial charge in [-0.25, -0.2) is 9.59 Å². The van der Waals surface area contributed by atoms with E-state index in [1.165, 1.54) is 64.2 Å². The van der Waals surface area contributed by atoms with Gasteiger partial charge in [-0.15, -0.1) is 0 Å². The zero-order chi connectivity index (χ0) is 23.6. The van der Waals surface area contributed by atoms with Gasteiger partial charge in [0.1, 0.15) is 6.10 Å². The summed E-state index contributed by atoms with van der Waals surface area (Å²) in [5.74, 6) is -0.671. The molecule has 0 N–H and O–H groups in total. The maximum Gasteiger partial charge on any atom is 0.339 e. The van der Waals surface area contributed by atoms with Crippen LogP contribution in [0.15, 0.2) is 24.3 Å². The molecule has 1 atom stereocenters. The van der Waals surface area contributed by atoms with E-state index < -0.39 is 11.9 Å². The zero-order valence-electron chi connectivity index (χ0n) is 21.0. The zero-order valence-corrected chi connectivity index (χ0v) is 21.0. The number of ether oxygens (including phenoxy) is 2. The van der Waals surface area contributed by atoms with Crippen LogP contribution in [0.1, 0.15) is 132 Å². The number of hydrogen-bond donors (Lipinski definition) is 0. The van der Waals surface area contributed by atoms with E-state index in [2.05, 4.69) is 6.92 Å². The van der Waals surface area contributed by atoms with Gasteiger partial charge in [0.05, 0.1) is 17.7 Å². The predicted molar refractivity (Wildman–Crippen MR) is 132 cm³/mol. The van der Waals surface area contributed by atoms with Crippen molar-refractivity contribution in [2.24, 2.45) is 5.92 Å². The van der Waals surface area contributed by atoms with Crippen LogP contribution in [0.3, 0.4) is 0 Å². The van der Waals surface area contributed by atoms with Crippen LogP contribution in [0.25, 0.3) is 0 Å². The van der Waals surface area contributed by atoms with E-state index in [0.717, 1.165) is 19.3 Å². The van der Waals surface area contributed by atoms with E-state index >= 15 is 0 Å². The minimum atomic E-state index is -0.455. The van der Waals surface area contributed by atoms with Crippen LogP contribution in [-0.2, 0) is 9.47 Å². The molecule has 0 aliphatic rings. The Bertz CT molecular complexity index is 638. The van der Waals surface area contributed by atoms with Gasteiger partial charge in [0.25, 0.3) is 0 Å². The summed E-state index contributed by atoms with van der Waals surface area (Å²) >= 11 is 0. The summed E-state index contributed by atoms with van der Waals surface area (Å²) in [6.45, 7) is 8.69. The molecule has 32 heavy (non-hydrogen) atoms. The molecule has 0 saturated carbocycles. The van der Waals surface area contributed by atoms with Gasteiger partial charge < -0.3 is 9.47 Å². The van der Waals surface area contributed by atoms with Crippen molar-refractivity contribution in [3.63, 3.8) is 0 Å². The first-order chi connectivity index (χ1) is 15.5. The molecule has 0 radical (unpaired) electrons. The fraction of sp³-hybridized carbons (Fsp3) is 0.714. The molecular formula is C28H46O4. The highest BCUT2D eigenvalue weighted by molar-refractivity contribution is 6.03. The molecule has 4 heteroatoms. The van der Waals surface area contributed by atoms with E-state index in [9.17, 15) is 9.59 Å². The van der Waals surface area contributed by atoms with Gasteiger partial charge >= 0.3 is 11.9 Å². The molecule has 182 valence electrons. The predicted octanol–water partition coefficient (Wildman–Crippen LogP) is 8.14. The van der Waals surface area contributed by atoms with Crippen LogP contribution in [-0.4, -0.2) is 24.6 Å². The lowest BCUT2D eigenvalue weighted by Crippen LogP contribution is -2.24. The third-order valence-corrected chi connectivity index (χ3v) is 6.00. The molecule has 1 aromatic carbocycles. The summed E-state index contributed by atoms with van der Waals surface area (Å²) in [4.78, 5) is 25.1. The third kappa shape index (κ3) is 11.7. The summed E-state index contributed by atoms with van der Waals surface area (Å²) in [6.07, 6.45) is 15.8. The first-order valence-electron chi connectivity index (χ1n) is 13.0. The molecule has 0 amide bonds. The first kappa shape index (κ1) is 28.2. The Morgan fingerprint density at radius 2 is 1.19 bits per heavy atom. The summed E-state index contributed by atoms with van der Waals surface area (Å²) in [5.41, 5.74) is 0.571. The largest absolute Gasteiger partial charge is 0.462 e. The van der Waals surface area contributed by atoms with Crippen LogP contribution < -0.4 is 0 Å². The molecule has 0 heterocycles. The third-order valence-electron chi connectivity index (χ3n) is 6.00. The van der Waals surface area contributed by atoms with Crippen LogP contribution in [0.4, 0.5) is 0 Å². The molecule has 0 bridgehead atoms. The average molecular weight is 447 g/mol. The lowest BCUT2D eigenvalue weighted by molar-refractivity contribution is 0.0167. The molecule has 0 spiro atoms. The van der Waals surface area contributed by atoms with Gasteiger partial charge in [-0.05, 0) is 30.9 Å². The lowest BCUT2D eigenvalue weighted by Gasteiger charge is -2.20. The molecule has 0 aromatic heterocycles. The van der Waals surface area contributed by atoms with E-state index in [1.807, 2.05) is 20.8 Å². The Kier molecular flexibility index (Phi) is 15.6. The summed E-state index contributed by atoms with van der Waals surface area (Å²) in [6, 6.07) is 6.76. The summed E-state index contributed by atoms with van der Waals surface area (Å²) in [7, 11) is 0. The number of unbranched alkanes of at least 4 members (excludes halogenated alkanes) is 11. The van der Waals surface area contributed by atoms with Gasteiger partial charge in [-0.1, -0.05) is 110 Å². The topological polar surface area (TPSA) is 52.6 Å². The molecule has 0 fully saturated rings. The average Bonchev–Trinajstić information content (AvgIpc) is 2.79. The first-order valence-corrected chi connectivity index (χ1v) is 13.0. The fourth-order valence-electron chi connectivity index (χ4n) is 3.92. The van der Waals surface area contributed by atoms with Crippen molar-refractivity contribution in [2.45, 2.75) is 117 Å². The quantitative estimate of drug-likeness (QED) is 0.169. The van der Waals surface area contributed by atoms with Crippen LogP contribution >= 0.6 is 0 Å². The molecule has 0 aliphatic heterocycles. The number of carbonyl (C=O) groups excluding carboxylic acids is 2. The molecule has 4 nitrogen and oxygen atoms in total. The summed E-state index contributed by atoms with van der Waals surface area (Å²) in [5, 5.41) is 0. The number of rotatable bonds is 18. The van der Waals surface area contributed by atoms with Crippen molar-refractivity contribution >= 4 is 11.9 Å².